The molecule has 0 spiro atoms. The van der Waals surface area contributed by atoms with Crippen LogP contribution in [0, 0.1) is 13.8 Å². The van der Waals surface area contributed by atoms with Crippen molar-refractivity contribution in [2.24, 2.45) is 0 Å². The van der Waals surface area contributed by atoms with Gasteiger partial charge in [0.1, 0.15) is 0 Å². The first-order chi connectivity index (χ1) is 13.9. The molecule has 7 nitrogen and oxygen atoms in total. The summed E-state index contributed by atoms with van der Waals surface area (Å²) in [6.07, 6.45) is 0. The largest absolute Gasteiger partial charge is 0.451 e. The first-order valence-corrected chi connectivity index (χ1v) is 9.51. The predicted octanol–water partition coefficient (Wildman–Crippen LogP) is 3.75. The molecule has 1 amide bonds. The molecule has 29 heavy (non-hydrogen) atoms. The number of aromatic nitrogens is 3. The fraction of sp³-hybridized carbons (Fsp3) is 0.238. The maximum atomic E-state index is 12.5. The second kappa shape index (κ2) is 8.87. The van der Waals surface area contributed by atoms with Gasteiger partial charge in [-0.2, -0.15) is 5.10 Å². The number of ether oxygens (including phenoxy) is 1. The van der Waals surface area contributed by atoms with Crippen LogP contribution in [0.4, 0.5) is 5.69 Å². The number of pyridine rings is 1. The number of esters is 1. The summed E-state index contributed by atoms with van der Waals surface area (Å²) in [5, 5.41) is 4.49. The number of rotatable bonds is 6. The number of hydrogen-bond acceptors (Lipinski definition) is 5. The van der Waals surface area contributed by atoms with E-state index < -0.39 is 12.6 Å². The van der Waals surface area contributed by atoms with E-state index in [9.17, 15) is 9.59 Å². The van der Waals surface area contributed by atoms with E-state index in [1.54, 1.807) is 16.8 Å². The number of anilines is 1. The summed E-state index contributed by atoms with van der Waals surface area (Å²) in [6, 6.07) is 14.3. The quantitative estimate of drug-likeness (QED) is 0.576. The topological polar surface area (TPSA) is 77.3 Å². The molecule has 3 rings (SSSR count). The minimum Gasteiger partial charge on any atom is -0.451 e. The lowest BCUT2D eigenvalue weighted by Crippen LogP contribution is -2.34. The van der Waals surface area contributed by atoms with Crippen LogP contribution in [0.25, 0.3) is 5.82 Å². The number of aryl methyl sites for hydroxylation is 2. The summed E-state index contributed by atoms with van der Waals surface area (Å²) < 4.78 is 6.81. The Morgan fingerprint density at radius 3 is 2.48 bits per heavy atom. The van der Waals surface area contributed by atoms with Crippen LogP contribution in [0.3, 0.4) is 0 Å². The van der Waals surface area contributed by atoms with Gasteiger partial charge in [0.2, 0.25) is 0 Å². The minimum atomic E-state index is -0.768. The van der Waals surface area contributed by atoms with Crippen molar-refractivity contribution in [3.05, 3.63) is 70.6 Å². The summed E-state index contributed by atoms with van der Waals surface area (Å²) in [4.78, 5) is 30.9. The Morgan fingerprint density at radius 2 is 1.86 bits per heavy atom. The molecule has 0 N–H and O–H groups in total. The van der Waals surface area contributed by atoms with E-state index in [2.05, 4.69) is 10.1 Å². The molecule has 2 aromatic heterocycles. The standard InChI is InChI=1S/C21H21ClN4O3/c1-4-25(16-8-6-5-7-9-16)19(27)13-29-21(28)20-17(22)10-11-18(23-20)26-15(3)12-14(2)24-26/h5-12H,4,13H2,1-3H3. The van der Waals surface area contributed by atoms with Gasteiger partial charge < -0.3 is 9.64 Å². The summed E-state index contributed by atoms with van der Waals surface area (Å²) >= 11 is 6.14. The van der Waals surface area contributed by atoms with Gasteiger partial charge in [-0.05, 0) is 51.1 Å². The van der Waals surface area contributed by atoms with Gasteiger partial charge in [0.25, 0.3) is 5.91 Å². The molecular formula is C21H21ClN4O3. The Bertz CT molecular complexity index is 1030. The first kappa shape index (κ1) is 20.5. The second-order valence-electron chi connectivity index (χ2n) is 6.39. The molecule has 0 saturated heterocycles. The van der Waals surface area contributed by atoms with Crippen LogP contribution in [0.5, 0.6) is 0 Å². The van der Waals surface area contributed by atoms with Crippen molar-refractivity contribution in [1.29, 1.82) is 0 Å². The Morgan fingerprint density at radius 1 is 1.14 bits per heavy atom. The molecule has 0 radical (unpaired) electrons. The normalized spacial score (nSPS) is 10.6. The van der Waals surface area contributed by atoms with Gasteiger partial charge >= 0.3 is 5.97 Å². The number of benzene rings is 1. The number of halogens is 1. The highest BCUT2D eigenvalue weighted by atomic mass is 35.5. The zero-order valence-corrected chi connectivity index (χ0v) is 17.2. The molecule has 1 aromatic carbocycles. The van der Waals surface area contributed by atoms with Gasteiger partial charge in [-0.1, -0.05) is 29.8 Å². The van der Waals surface area contributed by atoms with Gasteiger partial charge in [0.15, 0.2) is 18.1 Å². The van der Waals surface area contributed by atoms with E-state index in [1.165, 1.54) is 4.90 Å². The molecule has 0 fully saturated rings. The third-order valence-corrected chi connectivity index (χ3v) is 4.57. The molecule has 0 atom stereocenters. The average molecular weight is 413 g/mol. The van der Waals surface area contributed by atoms with Crippen LogP contribution in [0.15, 0.2) is 48.5 Å². The second-order valence-corrected chi connectivity index (χ2v) is 6.80. The molecule has 3 aromatic rings. The molecule has 0 saturated carbocycles. The third-order valence-electron chi connectivity index (χ3n) is 4.26. The summed E-state index contributed by atoms with van der Waals surface area (Å²) in [7, 11) is 0. The van der Waals surface area contributed by atoms with E-state index in [0.717, 1.165) is 17.1 Å². The molecule has 2 heterocycles. The highest BCUT2D eigenvalue weighted by Gasteiger charge is 2.20. The number of carbonyl (C=O) groups is 2. The molecule has 8 heteroatoms. The number of likely N-dealkylation sites (N-methyl/N-ethyl adjacent to an activating group) is 1. The van der Waals surface area contributed by atoms with Crippen LogP contribution < -0.4 is 4.90 Å². The molecule has 0 aliphatic carbocycles. The molecule has 0 bridgehead atoms. The minimum absolute atomic E-state index is 0.0627. The maximum absolute atomic E-state index is 12.5. The van der Waals surface area contributed by atoms with Crippen molar-refractivity contribution in [2.75, 3.05) is 18.1 Å². The number of nitrogens with zero attached hydrogens (tertiary/aromatic N) is 4. The summed E-state index contributed by atoms with van der Waals surface area (Å²) in [6.45, 7) is 5.64. The maximum Gasteiger partial charge on any atom is 0.359 e. The van der Waals surface area contributed by atoms with Crippen molar-refractivity contribution in [1.82, 2.24) is 14.8 Å². The fourth-order valence-corrected chi connectivity index (χ4v) is 3.12. The fourth-order valence-electron chi connectivity index (χ4n) is 2.94. The zero-order valence-electron chi connectivity index (χ0n) is 16.4. The molecule has 150 valence electrons. The van der Waals surface area contributed by atoms with E-state index in [4.69, 9.17) is 16.3 Å². The molecule has 0 aliphatic rings. The van der Waals surface area contributed by atoms with Crippen molar-refractivity contribution < 1.29 is 14.3 Å². The molecule has 0 aliphatic heterocycles. The Balaban J connectivity index is 1.74. The number of carbonyl (C=O) groups excluding carboxylic acids is 2. The Kier molecular flexibility index (Phi) is 6.29. The molecular weight excluding hydrogens is 392 g/mol. The van der Waals surface area contributed by atoms with Crippen molar-refractivity contribution in [2.45, 2.75) is 20.8 Å². The Labute approximate surface area is 173 Å². The monoisotopic (exact) mass is 412 g/mol. The van der Waals surface area contributed by atoms with Crippen LogP contribution in [-0.4, -0.2) is 39.8 Å². The van der Waals surface area contributed by atoms with Gasteiger partial charge in [0, 0.05) is 17.9 Å². The average Bonchev–Trinajstić information content (AvgIpc) is 3.06. The summed E-state index contributed by atoms with van der Waals surface area (Å²) in [5.41, 5.74) is 2.37. The van der Waals surface area contributed by atoms with E-state index in [0.29, 0.717) is 12.4 Å². The summed E-state index contributed by atoms with van der Waals surface area (Å²) in [5.74, 6) is -0.661. The van der Waals surface area contributed by atoms with E-state index in [-0.39, 0.29) is 16.6 Å². The van der Waals surface area contributed by atoms with Crippen LogP contribution >= 0.6 is 11.6 Å². The molecule has 0 unspecified atom stereocenters. The lowest BCUT2D eigenvalue weighted by atomic mass is 10.3. The van der Waals surface area contributed by atoms with Crippen molar-refractivity contribution in [3.8, 4) is 5.82 Å². The van der Waals surface area contributed by atoms with Gasteiger partial charge in [-0.15, -0.1) is 0 Å². The first-order valence-electron chi connectivity index (χ1n) is 9.13. The number of para-hydroxylation sites is 1. The highest BCUT2D eigenvalue weighted by Crippen LogP contribution is 2.19. The van der Waals surface area contributed by atoms with Gasteiger partial charge in [-0.3, -0.25) is 4.79 Å². The van der Waals surface area contributed by atoms with Gasteiger partial charge in [-0.25, -0.2) is 14.5 Å². The highest BCUT2D eigenvalue weighted by molar-refractivity contribution is 6.33. The van der Waals surface area contributed by atoms with Crippen molar-refractivity contribution in [3.63, 3.8) is 0 Å². The van der Waals surface area contributed by atoms with Crippen LogP contribution in [0.1, 0.15) is 28.8 Å². The van der Waals surface area contributed by atoms with E-state index in [1.807, 2.05) is 57.2 Å². The predicted molar refractivity (Wildman–Crippen MR) is 111 cm³/mol. The van der Waals surface area contributed by atoms with Crippen LogP contribution in [0.2, 0.25) is 5.02 Å². The van der Waals surface area contributed by atoms with Crippen molar-refractivity contribution >= 4 is 29.2 Å². The lowest BCUT2D eigenvalue weighted by Gasteiger charge is -2.20. The number of hydrogen-bond donors (Lipinski definition) is 0. The SMILES string of the molecule is CCN(C(=O)COC(=O)c1nc(-n2nc(C)cc2C)ccc1Cl)c1ccccc1. The van der Waals surface area contributed by atoms with E-state index >= 15 is 0 Å². The third kappa shape index (κ3) is 4.63. The number of amides is 1. The Hall–Kier alpha value is -3.19. The zero-order chi connectivity index (χ0) is 21.0. The van der Waals surface area contributed by atoms with Gasteiger partial charge in [0.05, 0.1) is 10.7 Å². The smallest absolute Gasteiger partial charge is 0.359 e. The van der Waals surface area contributed by atoms with Crippen LogP contribution in [-0.2, 0) is 9.53 Å². The lowest BCUT2D eigenvalue weighted by molar-refractivity contribution is -0.121.